The SMILES string of the molecule is O=C(O)[C@H]1CC[C@@H](C(=O)N2Cc3ccccc3C2)O1. The average Bonchev–Trinajstić information content (AvgIpc) is 3.04. The number of ether oxygens (including phenoxy) is 1. The Morgan fingerprint density at radius 3 is 2.21 bits per heavy atom. The van der Waals surface area contributed by atoms with Crippen LogP contribution >= 0.6 is 0 Å². The standard InChI is InChI=1S/C14H15NO4/c16-13(11-5-6-12(19-11)14(17)18)15-7-9-3-1-2-4-10(9)8-15/h1-4,11-12H,5-8H2,(H,17,18)/t11-,12+/m0/s1. The smallest absolute Gasteiger partial charge is 0.332 e. The van der Waals surface area contributed by atoms with Crippen molar-refractivity contribution in [2.24, 2.45) is 0 Å². The van der Waals surface area contributed by atoms with E-state index in [1.807, 2.05) is 24.3 Å². The maximum absolute atomic E-state index is 12.3. The summed E-state index contributed by atoms with van der Waals surface area (Å²) in [5.74, 6) is -1.08. The lowest BCUT2D eigenvalue weighted by Gasteiger charge is -2.19. The molecule has 0 spiro atoms. The molecule has 2 aliphatic heterocycles. The van der Waals surface area contributed by atoms with E-state index in [1.54, 1.807) is 4.90 Å². The molecule has 1 aromatic rings. The van der Waals surface area contributed by atoms with E-state index in [9.17, 15) is 9.59 Å². The second kappa shape index (κ2) is 4.66. The Morgan fingerprint density at radius 2 is 1.68 bits per heavy atom. The molecule has 5 nitrogen and oxygen atoms in total. The first-order valence-electron chi connectivity index (χ1n) is 6.39. The molecule has 1 N–H and O–H groups in total. The lowest BCUT2D eigenvalue weighted by Crippen LogP contribution is -2.36. The van der Waals surface area contributed by atoms with Crippen molar-refractivity contribution in [2.75, 3.05) is 0 Å². The zero-order valence-electron chi connectivity index (χ0n) is 10.4. The quantitative estimate of drug-likeness (QED) is 0.867. The fourth-order valence-electron chi connectivity index (χ4n) is 2.69. The average molecular weight is 261 g/mol. The van der Waals surface area contributed by atoms with Gasteiger partial charge in [-0.25, -0.2) is 4.79 Å². The van der Waals surface area contributed by atoms with Crippen LogP contribution < -0.4 is 0 Å². The topological polar surface area (TPSA) is 66.8 Å². The predicted molar refractivity (Wildman–Crippen MR) is 66.2 cm³/mol. The molecule has 0 radical (unpaired) electrons. The molecule has 0 aliphatic carbocycles. The Hall–Kier alpha value is -1.88. The molecule has 2 atom stereocenters. The minimum atomic E-state index is -0.986. The van der Waals surface area contributed by atoms with Crippen LogP contribution in [0, 0.1) is 0 Å². The van der Waals surface area contributed by atoms with Gasteiger partial charge in [-0.1, -0.05) is 24.3 Å². The van der Waals surface area contributed by atoms with Crippen molar-refractivity contribution in [2.45, 2.75) is 38.1 Å². The summed E-state index contributed by atoms with van der Waals surface area (Å²) in [7, 11) is 0. The van der Waals surface area contributed by atoms with Crippen molar-refractivity contribution in [1.82, 2.24) is 4.90 Å². The van der Waals surface area contributed by atoms with Crippen molar-refractivity contribution in [3.05, 3.63) is 35.4 Å². The van der Waals surface area contributed by atoms with E-state index in [4.69, 9.17) is 9.84 Å². The van der Waals surface area contributed by atoms with Gasteiger partial charge in [0.25, 0.3) is 5.91 Å². The number of carbonyl (C=O) groups is 2. The molecular weight excluding hydrogens is 246 g/mol. The highest BCUT2D eigenvalue weighted by Gasteiger charge is 2.38. The Balaban J connectivity index is 1.66. The fraction of sp³-hybridized carbons (Fsp3) is 0.429. The van der Waals surface area contributed by atoms with E-state index in [0.29, 0.717) is 25.9 Å². The van der Waals surface area contributed by atoms with Crippen LogP contribution in [-0.4, -0.2) is 34.1 Å². The Bertz CT molecular complexity index is 503. The first-order valence-corrected chi connectivity index (χ1v) is 6.39. The van der Waals surface area contributed by atoms with Gasteiger partial charge in [-0.05, 0) is 24.0 Å². The molecule has 1 saturated heterocycles. The summed E-state index contributed by atoms with van der Waals surface area (Å²) < 4.78 is 5.31. The van der Waals surface area contributed by atoms with Crippen molar-refractivity contribution in [1.29, 1.82) is 0 Å². The first kappa shape index (κ1) is 12.2. The van der Waals surface area contributed by atoms with E-state index >= 15 is 0 Å². The van der Waals surface area contributed by atoms with Crippen LogP contribution in [0.5, 0.6) is 0 Å². The minimum absolute atomic E-state index is 0.0973. The van der Waals surface area contributed by atoms with Crippen LogP contribution in [0.2, 0.25) is 0 Å². The lowest BCUT2D eigenvalue weighted by molar-refractivity contribution is -0.155. The van der Waals surface area contributed by atoms with Crippen LogP contribution in [0.1, 0.15) is 24.0 Å². The summed E-state index contributed by atoms with van der Waals surface area (Å²) in [6, 6.07) is 7.94. The number of amides is 1. The van der Waals surface area contributed by atoms with Gasteiger partial charge in [-0.2, -0.15) is 0 Å². The van der Waals surface area contributed by atoms with Crippen molar-refractivity contribution in [3.8, 4) is 0 Å². The number of carboxylic acids is 1. The molecular formula is C14H15NO4. The maximum Gasteiger partial charge on any atom is 0.332 e. The molecule has 0 aromatic heterocycles. The zero-order valence-corrected chi connectivity index (χ0v) is 10.4. The fourth-order valence-corrected chi connectivity index (χ4v) is 2.69. The van der Waals surface area contributed by atoms with Gasteiger partial charge in [0, 0.05) is 13.1 Å². The molecule has 1 aromatic carbocycles. The van der Waals surface area contributed by atoms with Gasteiger partial charge < -0.3 is 14.7 Å². The normalized spacial score (nSPS) is 25.4. The highest BCUT2D eigenvalue weighted by molar-refractivity contribution is 5.83. The first-order chi connectivity index (χ1) is 9.15. The Morgan fingerprint density at radius 1 is 1.11 bits per heavy atom. The molecule has 1 fully saturated rings. The third kappa shape index (κ3) is 2.21. The summed E-state index contributed by atoms with van der Waals surface area (Å²) in [6.07, 6.45) is -0.538. The molecule has 3 rings (SSSR count). The number of carboxylic acid groups (broad SMARTS) is 1. The Labute approximate surface area is 110 Å². The van der Waals surface area contributed by atoms with E-state index in [1.165, 1.54) is 0 Å². The van der Waals surface area contributed by atoms with Crippen LogP contribution in [-0.2, 0) is 27.4 Å². The number of hydrogen-bond donors (Lipinski definition) is 1. The molecule has 5 heteroatoms. The number of nitrogens with zero attached hydrogens (tertiary/aromatic N) is 1. The van der Waals surface area contributed by atoms with Gasteiger partial charge >= 0.3 is 5.97 Å². The van der Waals surface area contributed by atoms with Crippen molar-refractivity contribution >= 4 is 11.9 Å². The number of benzene rings is 1. The number of fused-ring (bicyclic) bond motifs is 1. The zero-order chi connectivity index (χ0) is 13.4. The summed E-state index contributed by atoms with van der Waals surface area (Å²) in [5, 5.41) is 8.87. The summed E-state index contributed by atoms with van der Waals surface area (Å²) in [6.45, 7) is 1.18. The summed E-state index contributed by atoms with van der Waals surface area (Å²) >= 11 is 0. The summed E-state index contributed by atoms with van der Waals surface area (Å²) in [4.78, 5) is 24.8. The van der Waals surface area contributed by atoms with Gasteiger partial charge in [0.2, 0.25) is 0 Å². The molecule has 2 heterocycles. The van der Waals surface area contributed by atoms with Crippen molar-refractivity contribution < 1.29 is 19.4 Å². The van der Waals surface area contributed by atoms with Crippen LogP contribution in [0.25, 0.3) is 0 Å². The summed E-state index contributed by atoms with van der Waals surface area (Å²) in [5.41, 5.74) is 2.31. The van der Waals surface area contributed by atoms with Gasteiger partial charge in [0.15, 0.2) is 6.10 Å². The van der Waals surface area contributed by atoms with E-state index in [0.717, 1.165) is 11.1 Å². The second-order valence-electron chi connectivity index (χ2n) is 4.99. The second-order valence-corrected chi connectivity index (χ2v) is 4.99. The van der Waals surface area contributed by atoms with Crippen LogP contribution in [0.15, 0.2) is 24.3 Å². The highest BCUT2D eigenvalue weighted by Crippen LogP contribution is 2.27. The largest absolute Gasteiger partial charge is 0.479 e. The maximum atomic E-state index is 12.3. The third-order valence-corrected chi connectivity index (χ3v) is 3.72. The van der Waals surface area contributed by atoms with Crippen LogP contribution in [0.3, 0.4) is 0 Å². The number of hydrogen-bond acceptors (Lipinski definition) is 3. The minimum Gasteiger partial charge on any atom is -0.479 e. The molecule has 0 bridgehead atoms. The highest BCUT2D eigenvalue weighted by atomic mass is 16.5. The van der Waals surface area contributed by atoms with Gasteiger partial charge in [0.1, 0.15) is 6.10 Å². The molecule has 19 heavy (non-hydrogen) atoms. The predicted octanol–water partition coefficient (Wildman–Crippen LogP) is 1.16. The number of aliphatic carboxylic acids is 1. The number of rotatable bonds is 2. The molecule has 0 saturated carbocycles. The lowest BCUT2D eigenvalue weighted by atomic mass is 10.1. The van der Waals surface area contributed by atoms with E-state index in [2.05, 4.69) is 0 Å². The van der Waals surface area contributed by atoms with Gasteiger partial charge in [0.05, 0.1) is 0 Å². The van der Waals surface area contributed by atoms with E-state index in [-0.39, 0.29) is 5.91 Å². The van der Waals surface area contributed by atoms with E-state index < -0.39 is 18.2 Å². The Kier molecular flexibility index (Phi) is 2.98. The third-order valence-electron chi connectivity index (χ3n) is 3.72. The monoisotopic (exact) mass is 261 g/mol. The number of carbonyl (C=O) groups excluding carboxylic acids is 1. The molecule has 1 amide bonds. The van der Waals surface area contributed by atoms with Crippen molar-refractivity contribution in [3.63, 3.8) is 0 Å². The van der Waals surface area contributed by atoms with Crippen LogP contribution in [0.4, 0.5) is 0 Å². The molecule has 0 unspecified atom stereocenters. The molecule has 100 valence electrons. The molecule has 2 aliphatic rings. The van der Waals surface area contributed by atoms with Gasteiger partial charge in [-0.15, -0.1) is 0 Å². The van der Waals surface area contributed by atoms with Gasteiger partial charge in [-0.3, -0.25) is 4.79 Å².